The predicted molar refractivity (Wildman–Crippen MR) is 77.8 cm³/mol. The van der Waals surface area contributed by atoms with E-state index < -0.39 is 10.0 Å². The van der Waals surface area contributed by atoms with Crippen molar-refractivity contribution in [2.75, 3.05) is 12.3 Å². The highest BCUT2D eigenvalue weighted by Gasteiger charge is 2.28. The Hall–Kier alpha value is -1.10. The van der Waals surface area contributed by atoms with Crippen molar-refractivity contribution in [2.24, 2.45) is 0 Å². The maximum Gasteiger partial charge on any atom is 0.245 e. The summed E-state index contributed by atoms with van der Waals surface area (Å²) in [7, 11) is -3.68. The van der Waals surface area contributed by atoms with Crippen LogP contribution in [-0.4, -0.2) is 25.3 Å². The third-order valence-corrected chi connectivity index (χ3v) is 5.22. The lowest BCUT2D eigenvalue weighted by Crippen LogP contribution is -2.37. The average Bonchev–Trinajstić information content (AvgIpc) is 2.27. The third-order valence-electron chi connectivity index (χ3n) is 2.58. The van der Waals surface area contributed by atoms with Gasteiger partial charge in [-0.05, 0) is 32.0 Å². The molecule has 0 saturated carbocycles. The topological polar surface area (TPSA) is 87.2 Å². The van der Waals surface area contributed by atoms with Gasteiger partial charge in [0.05, 0.1) is 11.8 Å². The molecule has 7 heteroatoms. The number of nitrogens with zero attached hydrogens (tertiary/aromatic N) is 2. The fraction of sp³-hybridized carbons (Fsp3) is 0.417. The second kappa shape index (κ2) is 6.37. The van der Waals surface area contributed by atoms with Crippen LogP contribution in [-0.2, 0) is 10.0 Å². The van der Waals surface area contributed by atoms with E-state index in [0.717, 1.165) is 4.47 Å². The molecule has 0 atom stereocenters. The highest BCUT2D eigenvalue weighted by molar-refractivity contribution is 9.10. The summed E-state index contributed by atoms with van der Waals surface area (Å²) in [5.74, 6) is 0. The number of hydrogen-bond acceptors (Lipinski definition) is 4. The van der Waals surface area contributed by atoms with Gasteiger partial charge in [-0.1, -0.05) is 15.9 Å². The molecule has 1 rings (SSSR count). The smallest absolute Gasteiger partial charge is 0.245 e. The minimum Gasteiger partial charge on any atom is -0.398 e. The van der Waals surface area contributed by atoms with E-state index in [1.165, 1.54) is 10.4 Å². The molecular formula is C12H16BrN3O2S. The van der Waals surface area contributed by atoms with Crippen molar-refractivity contribution >= 4 is 31.6 Å². The van der Waals surface area contributed by atoms with Gasteiger partial charge in [-0.15, -0.1) is 0 Å². The first-order valence-electron chi connectivity index (χ1n) is 5.74. The Labute approximate surface area is 122 Å². The van der Waals surface area contributed by atoms with Crippen molar-refractivity contribution in [2.45, 2.75) is 31.2 Å². The zero-order valence-corrected chi connectivity index (χ0v) is 13.2. The highest BCUT2D eigenvalue weighted by Crippen LogP contribution is 2.26. The van der Waals surface area contributed by atoms with Crippen molar-refractivity contribution in [1.29, 1.82) is 5.26 Å². The molecule has 0 bridgehead atoms. The molecule has 0 aliphatic heterocycles. The van der Waals surface area contributed by atoms with Gasteiger partial charge in [-0.3, -0.25) is 0 Å². The van der Waals surface area contributed by atoms with Crippen LogP contribution in [0.4, 0.5) is 5.69 Å². The molecule has 0 amide bonds. The van der Waals surface area contributed by atoms with Gasteiger partial charge in [0.25, 0.3) is 0 Å². The SMILES string of the molecule is CC(C)N(CCC#N)S(=O)(=O)c1ccc(Br)cc1N. The summed E-state index contributed by atoms with van der Waals surface area (Å²) in [6.45, 7) is 3.69. The lowest BCUT2D eigenvalue weighted by Gasteiger charge is -2.25. The summed E-state index contributed by atoms with van der Waals surface area (Å²) >= 11 is 3.24. The Morgan fingerprint density at radius 1 is 1.47 bits per heavy atom. The quantitative estimate of drug-likeness (QED) is 0.829. The van der Waals surface area contributed by atoms with E-state index in [0.29, 0.717) is 0 Å². The molecule has 2 N–H and O–H groups in total. The van der Waals surface area contributed by atoms with Crippen LogP contribution in [0.15, 0.2) is 27.6 Å². The van der Waals surface area contributed by atoms with E-state index in [-0.39, 0.29) is 29.6 Å². The number of anilines is 1. The minimum atomic E-state index is -3.68. The molecule has 5 nitrogen and oxygen atoms in total. The van der Waals surface area contributed by atoms with E-state index in [2.05, 4.69) is 15.9 Å². The summed E-state index contributed by atoms with van der Waals surface area (Å²) in [6.07, 6.45) is 0.147. The predicted octanol–water partition coefficient (Wildman–Crippen LogP) is 2.34. The third kappa shape index (κ3) is 3.69. The molecule has 0 aliphatic carbocycles. The van der Waals surface area contributed by atoms with Gasteiger partial charge < -0.3 is 5.73 Å². The van der Waals surface area contributed by atoms with Crippen LogP contribution >= 0.6 is 15.9 Å². The van der Waals surface area contributed by atoms with Crippen LogP contribution in [0.1, 0.15) is 20.3 Å². The van der Waals surface area contributed by atoms with Crippen molar-refractivity contribution in [3.05, 3.63) is 22.7 Å². The molecule has 19 heavy (non-hydrogen) atoms. The molecular weight excluding hydrogens is 330 g/mol. The molecule has 0 spiro atoms. The zero-order valence-electron chi connectivity index (χ0n) is 10.8. The summed E-state index contributed by atoms with van der Waals surface area (Å²) < 4.78 is 27.1. The molecule has 104 valence electrons. The van der Waals surface area contributed by atoms with Gasteiger partial charge in [-0.2, -0.15) is 9.57 Å². The van der Waals surface area contributed by atoms with E-state index >= 15 is 0 Å². The van der Waals surface area contributed by atoms with Crippen molar-refractivity contribution in [3.8, 4) is 6.07 Å². The number of nitrogen functional groups attached to an aromatic ring is 1. The van der Waals surface area contributed by atoms with Crippen LogP contribution in [0.3, 0.4) is 0 Å². The number of rotatable bonds is 5. The zero-order chi connectivity index (χ0) is 14.6. The summed E-state index contributed by atoms with van der Waals surface area (Å²) in [5, 5.41) is 8.62. The molecule has 0 radical (unpaired) electrons. The van der Waals surface area contributed by atoms with Crippen LogP contribution < -0.4 is 5.73 Å². The van der Waals surface area contributed by atoms with Crippen LogP contribution in [0.2, 0.25) is 0 Å². The Balaban J connectivity index is 3.23. The van der Waals surface area contributed by atoms with Crippen molar-refractivity contribution < 1.29 is 8.42 Å². The maximum absolute atomic E-state index is 12.5. The summed E-state index contributed by atoms with van der Waals surface area (Å²) in [6, 6.07) is 6.37. The molecule has 1 aromatic carbocycles. The van der Waals surface area contributed by atoms with Gasteiger partial charge >= 0.3 is 0 Å². The minimum absolute atomic E-state index is 0.0716. The molecule has 0 unspecified atom stereocenters. The first-order valence-corrected chi connectivity index (χ1v) is 7.98. The summed E-state index contributed by atoms with van der Waals surface area (Å²) in [4.78, 5) is 0.0716. The first-order chi connectivity index (χ1) is 8.80. The van der Waals surface area contributed by atoms with E-state index in [1.54, 1.807) is 26.0 Å². The molecule has 0 saturated heterocycles. The lowest BCUT2D eigenvalue weighted by atomic mass is 10.3. The number of hydrogen-bond donors (Lipinski definition) is 1. The van der Waals surface area contributed by atoms with Gasteiger partial charge in [0, 0.05) is 23.5 Å². The lowest BCUT2D eigenvalue weighted by molar-refractivity contribution is 0.360. The Kier molecular flexibility index (Phi) is 5.35. The molecule has 0 fully saturated rings. The highest BCUT2D eigenvalue weighted by atomic mass is 79.9. The maximum atomic E-state index is 12.5. The normalized spacial score (nSPS) is 11.8. The molecule has 0 aliphatic rings. The summed E-state index contributed by atoms with van der Waals surface area (Å²) in [5.41, 5.74) is 5.96. The van der Waals surface area contributed by atoms with Gasteiger partial charge in [-0.25, -0.2) is 8.42 Å². The Morgan fingerprint density at radius 3 is 2.58 bits per heavy atom. The Morgan fingerprint density at radius 2 is 2.11 bits per heavy atom. The number of nitriles is 1. The number of benzene rings is 1. The standard InChI is InChI=1S/C12H16BrN3O2S/c1-9(2)16(7-3-6-14)19(17,18)12-5-4-10(13)8-11(12)15/h4-5,8-9H,3,7,15H2,1-2H3. The van der Waals surface area contributed by atoms with Crippen LogP contribution in [0.5, 0.6) is 0 Å². The first kappa shape index (κ1) is 16.0. The van der Waals surface area contributed by atoms with E-state index in [1.807, 2.05) is 6.07 Å². The molecule has 0 aromatic heterocycles. The van der Waals surface area contributed by atoms with Crippen molar-refractivity contribution in [3.63, 3.8) is 0 Å². The van der Waals surface area contributed by atoms with Crippen LogP contribution in [0, 0.1) is 11.3 Å². The monoisotopic (exact) mass is 345 g/mol. The van der Waals surface area contributed by atoms with E-state index in [4.69, 9.17) is 11.0 Å². The molecule has 1 aromatic rings. The van der Waals surface area contributed by atoms with E-state index in [9.17, 15) is 8.42 Å². The van der Waals surface area contributed by atoms with Crippen molar-refractivity contribution in [1.82, 2.24) is 4.31 Å². The number of sulfonamides is 1. The molecule has 0 heterocycles. The fourth-order valence-corrected chi connectivity index (χ4v) is 3.81. The largest absolute Gasteiger partial charge is 0.398 e. The van der Waals surface area contributed by atoms with Gasteiger partial charge in [0.15, 0.2) is 0 Å². The second-order valence-corrected chi connectivity index (χ2v) is 7.07. The van der Waals surface area contributed by atoms with Gasteiger partial charge in [0.2, 0.25) is 10.0 Å². The Bertz CT molecular complexity index is 593. The number of halogens is 1. The number of nitrogens with two attached hydrogens (primary N) is 1. The van der Waals surface area contributed by atoms with Crippen LogP contribution in [0.25, 0.3) is 0 Å². The fourth-order valence-electron chi connectivity index (χ4n) is 1.70. The second-order valence-electron chi connectivity index (χ2n) is 4.30. The van der Waals surface area contributed by atoms with Gasteiger partial charge in [0.1, 0.15) is 4.90 Å². The average molecular weight is 346 g/mol.